The van der Waals surface area contributed by atoms with Crippen LogP contribution in [0.5, 0.6) is 0 Å². The van der Waals surface area contributed by atoms with Crippen molar-refractivity contribution in [2.75, 3.05) is 20.1 Å². The molecule has 0 aromatic carbocycles. The lowest BCUT2D eigenvalue weighted by atomic mass is 9.87. The second-order valence-electron chi connectivity index (χ2n) is 11.4. The highest BCUT2D eigenvalue weighted by Gasteiger charge is 2.53. The number of aliphatic hydroxyl groups excluding tert-OH is 4. The Morgan fingerprint density at radius 2 is 1.48 bits per heavy atom. The zero-order valence-corrected chi connectivity index (χ0v) is 23.1. The van der Waals surface area contributed by atoms with Crippen molar-refractivity contribution >= 4 is 0 Å². The molecule has 4 rings (SSSR count). The van der Waals surface area contributed by atoms with Gasteiger partial charge in [0.05, 0.1) is 42.5 Å². The van der Waals surface area contributed by atoms with E-state index in [-0.39, 0.29) is 32.0 Å². The Morgan fingerprint density at radius 3 is 2.12 bits per heavy atom. The lowest BCUT2D eigenvalue weighted by Gasteiger charge is -2.51. The topological polar surface area (TPSA) is 281 Å². The molecule has 1 aliphatic carbocycles. The summed E-state index contributed by atoms with van der Waals surface area (Å²) in [7, 11) is 1.62. The fourth-order valence-corrected chi connectivity index (χ4v) is 6.02. The maximum atomic E-state index is 11.3. The van der Waals surface area contributed by atoms with Crippen molar-refractivity contribution in [3.8, 4) is 0 Å². The average Bonchev–Trinajstić information content (AvgIpc) is 2.91. The van der Waals surface area contributed by atoms with Gasteiger partial charge in [-0.05, 0) is 26.8 Å². The molecule has 0 radical (unpaired) electrons. The molecule has 3 saturated heterocycles. The minimum Gasteiger partial charge on any atom is -0.391 e. The van der Waals surface area contributed by atoms with Crippen LogP contribution < -0.4 is 39.3 Å². The Kier molecular flexibility index (Phi) is 11.1. The number of aliphatic hydroxyl groups is 4. The first kappa shape index (κ1) is 32.3. The highest BCUT2D eigenvalue weighted by atomic mass is 16.8. The summed E-state index contributed by atoms with van der Waals surface area (Å²) in [6, 6.07) is -3.13. The number of ether oxygens (including phenoxy) is 5. The van der Waals surface area contributed by atoms with Crippen molar-refractivity contribution in [1.82, 2.24) is 10.6 Å². The predicted molar refractivity (Wildman–Crippen MR) is 141 cm³/mol. The molecule has 16 N–H and O–H groups in total. The maximum Gasteiger partial charge on any atom is 0.189 e. The highest BCUT2D eigenvalue weighted by molar-refractivity contribution is 5.00. The van der Waals surface area contributed by atoms with Crippen molar-refractivity contribution < 1.29 is 44.1 Å². The molecule has 40 heavy (non-hydrogen) atoms. The smallest absolute Gasteiger partial charge is 0.189 e. The van der Waals surface area contributed by atoms with Crippen molar-refractivity contribution in [2.24, 2.45) is 28.7 Å². The number of fused-ring (bicyclic) bond motifs is 1. The first-order chi connectivity index (χ1) is 19.0. The van der Waals surface area contributed by atoms with Crippen LogP contribution in [-0.2, 0) is 23.7 Å². The van der Waals surface area contributed by atoms with E-state index in [1.54, 1.807) is 14.0 Å². The number of nitrogens with one attached hydrogen (secondary N) is 2. The van der Waals surface area contributed by atoms with Gasteiger partial charge in [-0.3, -0.25) is 0 Å². The van der Waals surface area contributed by atoms with Gasteiger partial charge in [-0.2, -0.15) is 0 Å². The summed E-state index contributed by atoms with van der Waals surface area (Å²) in [6.45, 7) is 2.24. The van der Waals surface area contributed by atoms with Gasteiger partial charge < -0.3 is 83.4 Å². The van der Waals surface area contributed by atoms with Crippen molar-refractivity contribution in [2.45, 2.75) is 130 Å². The van der Waals surface area contributed by atoms with Crippen LogP contribution in [0.3, 0.4) is 0 Å². The fourth-order valence-electron chi connectivity index (χ4n) is 6.02. The second kappa shape index (κ2) is 13.8. The largest absolute Gasteiger partial charge is 0.391 e. The molecule has 10 unspecified atom stereocenters. The molecule has 1 saturated carbocycles. The highest BCUT2D eigenvalue weighted by Crippen LogP contribution is 2.35. The van der Waals surface area contributed by atoms with Gasteiger partial charge in [0.15, 0.2) is 18.9 Å². The summed E-state index contributed by atoms with van der Waals surface area (Å²) in [4.78, 5) is 0. The Hall–Kier alpha value is -0.640. The number of hydrogen-bond donors (Lipinski definition) is 11. The van der Waals surface area contributed by atoms with Gasteiger partial charge >= 0.3 is 0 Å². The summed E-state index contributed by atoms with van der Waals surface area (Å²) in [6.07, 6.45) is -9.37. The SMILES string of the molecule is CNC1C(O[C@H]2OC(C)[C@@H](NC(CN)CN)C(O)C2O)O[C@H]2CC(N)[C@@H](O[C@H]3CC(O)[C@H](N)CC3N)OC2C1O. The van der Waals surface area contributed by atoms with Gasteiger partial charge in [0, 0.05) is 37.6 Å². The Balaban J connectivity index is 1.39. The number of likely N-dealkylation sites (N-methyl/N-ethyl adjacent to an activating group) is 1. The molecular formula is C24H49N7O9. The molecule has 4 fully saturated rings. The molecule has 16 heteroatoms. The van der Waals surface area contributed by atoms with E-state index in [4.69, 9.17) is 52.4 Å². The minimum atomic E-state index is -1.42. The van der Waals surface area contributed by atoms with Crippen molar-refractivity contribution in [3.05, 3.63) is 0 Å². The standard InChI is InChI=1S/C24H49N7O9/c1-8-16(31-9(6-25)7-26)18(33)20(35)24(36-8)40-23-17(30-2)19(34)21-15(38-23)4-12(29)22(39-21)37-14-5-13(32)10(27)3-11(14)28/h8-24,30-35H,3-7,25-29H2,1-2H3/t8?,10-,11?,12?,13?,14+,15+,16-,17?,18?,19?,20?,21?,22+,23?,24-/m1/s1. The molecule has 4 aliphatic rings. The van der Waals surface area contributed by atoms with E-state index in [0.717, 1.165) is 0 Å². The third-order valence-electron chi connectivity index (χ3n) is 8.57. The molecule has 0 amide bonds. The lowest BCUT2D eigenvalue weighted by Crippen LogP contribution is -2.70. The fraction of sp³-hybridized carbons (Fsp3) is 1.00. The first-order valence-corrected chi connectivity index (χ1v) is 14.1. The normalized spacial score (nSPS) is 50.1. The van der Waals surface area contributed by atoms with Gasteiger partial charge in [-0.1, -0.05) is 0 Å². The zero-order valence-electron chi connectivity index (χ0n) is 23.1. The maximum absolute atomic E-state index is 11.3. The summed E-state index contributed by atoms with van der Waals surface area (Å²) < 4.78 is 30.2. The Bertz CT molecular complexity index is 802. The van der Waals surface area contributed by atoms with Crippen molar-refractivity contribution in [3.63, 3.8) is 0 Å². The number of rotatable bonds is 9. The summed E-state index contributed by atoms with van der Waals surface area (Å²) in [5.41, 5.74) is 29.9. The van der Waals surface area contributed by atoms with Crippen LogP contribution in [0.1, 0.15) is 26.2 Å². The van der Waals surface area contributed by atoms with Crippen LogP contribution >= 0.6 is 0 Å². The van der Waals surface area contributed by atoms with E-state index in [1.165, 1.54) is 0 Å². The molecule has 3 aliphatic heterocycles. The predicted octanol–water partition coefficient (Wildman–Crippen LogP) is -5.98. The summed E-state index contributed by atoms with van der Waals surface area (Å²) >= 11 is 0. The van der Waals surface area contributed by atoms with Crippen LogP contribution in [0, 0.1) is 0 Å². The van der Waals surface area contributed by atoms with Gasteiger partial charge in [-0.15, -0.1) is 0 Å². The molecule has 0 bridgehead atoms. The molecule has 0 spiro atoms. The van der Waals surface area contributed by atoms with Gasteiger partial charge in [0.1, 0.15) is 24.4 Å². The molecule has 3 heterocycles. The Morgan fingerprint density at radius 1 is 0.775 bits per heavy atom. The van der Waals surface area contributed by atoms with Crippen LogP contribution in [0.25, 0.3) is 0 Å². The molecular weight excluding hydrogens is 530 g/mol. The first-order valence-electron chi connectivity index (χ1n) is 14.1. The molecule has 16 atom stereocenters. The van der Waals surface area contributed by atoms with E-state index in [2.05, 4.69) is 10.6 Å². The average molecular weight is 580 g/mol. The van der Waals surface area contributed by atoms with Crippen LogP contribution in [0.4, 0.5) is 0 Å². The van der Waals surface area contributed by atoms with Gasteiger partial charge in [-0.25, -0.2) is 0 Å². The van der Waals surface area contributed by atoms with Crippen LogP contribution in [-0.4, -0.2) is 145 Å². The second-order valence-corrected chi connectivity index (χ2v) is 11.4. The monoisotopic (exact) mass is 579 g/mol. The lowest BCUT2D eigenvalue weighted by molar-refractivity contribution is -0.370. The zero-order chi connectivity index (χ0) is 29.3. The number of hydrogen-bond acceptors (Lipinski definition) is 16. The summed E-state index contributed by atoms with van der Waals surface area (Å²) in [5.74, 6) is 0. The van der Waals surface area contributed by atoms with E-state index in [9.17, 15) is 20.4 Å². The molecule has 234 valence electrons. The van der Waals surface area contributed by atoms with E-state index < -0.39 is 97.9 Å². The third-order valence-corrected chi connectivity index (χ3v) is 8.57. The van der Waals surface area contributed by atoms with Gasteiger partial charge in [0.25, 0.3) is 0 Å². The van der Waals surface area contributed by atoms with Crippen molar-refractivity contribution in [1.29, 1.82) is 0 Å². The Labute approximate surface area is 234 Å². The van der Waals surface area contributed by atoms with Crippen LogP contribution in [0.2, 0.25) is 0 Å². The van der Waals surface area contributed by atoms with E-state index in [1.807, 2.05) is 0 Å². The van der Waals surface area contributed by atoms with E-state index in [0.29, 0.717) is 6.42 Å². The van der Waals surface area contributed by atoms with E-state index >= 15 is 0 Å². The third kappa shape index (κ3) is 6.78. The molecule has 16 nitrogen and oxygen atoms in total. The number of nitrogens with two attached hydrogens (primary N) is 5. The molecule has 0 aromatic rings. The molecule has 0 aromatic heterocycles. The van der Waals surface area contributed by atoms with Gasteiger partial charge in [0.2, 0.25) is 0 Å². The minimum absolute atomic E-state index is 0.251. The summed E-state index contributed by atoms with van der Waals surface area (Å²) in [5, 5.41) is 49.2. The van der Waals surface area contributed by atoms with Crippen LogP contribution in [0.15, 0.2) is 0 Å². The quantitative estimate of drug-likeness (QED) is 0.121.